The van der Waals surface area contributed by atoms with Gasteiger partial charge in [-0.15, -0.1) is 0 Å². The van der Waals surface area contributed by atoms with Crippen LogP contribution in [-0.2, 0) is 19.4 Å². The topological polar surface area (TPSA) is 27.1 Å². The molecule has 0 N–H and O–H groups in total. The van der Waals surface area contributed by atoms with E-state index in [1.54, 1.807) is 0 Å². The first-order chi connectivity index (χ1) is 8.31. The van der Waals surface area contributed by atoms with E-state index < -0.39 is 0 Å². The van der Waals surface area contributed by atoms with Gasteiger partial charge in [-0.1, -0.05) is 12.1 Å². The van der Waals surface area contributed by atoms with Gasteiger partial charge in [0.05, 0.1) is 6.61 Å². The summed E-state index contributed by atoms with van der Waals surface area (Å²) in [5.41, 5.74) is 2.71. The minimum atomic E-state index is 0.830. The van der Waals surface area contributed by atoms with Crippen LogP contribution >= 0.6 is 22.6 Å². The van der Waals surface area contributed by atoms with Crippen molar-refractivity contribution in [3.63, 3.8) is 0 Å². The molecule has 0 amide bonds. The summed E-state index contributed by atoms with van der Waals surface area (Å²) < 4.78 is 8.54. The summed E-state index contributed by atoms with van der Waals surface area (Å²) >= 11 is 2.23. The smallest absolute Gasteiger partial charge is 0.123 e. The van der Waals surface area contributed by atoms with Crippen molar-refractivity contribution in [1.82, 2.24) is 9.78 Å². The molecule has 1 aliphatic heterocycles. The summed E-state index contributed by atoms with van der Waals surface area (Å²) in [5.74, 6) is 1.06. The lowest BCUT2D eigenvalue weighted by Crippen LogP contribution is -2.02. The van der Waals surface area contributed by atoms with E-state index in [9.17, 15) is 0 Å². The molecule has 0 unspecified atom stereocenters. The normalized spacial score (nSPS) is 13.5. The predicted molar refractivity (Wildman–Crippen MR) is 74.3 cm³/mol. The van der Waals surface area contributed by atoms with Crippen LogP contribution in [-0.4, -0.2) is 16.4 Å². The molecule has 88 valence electrons. The van der Waals surface area contributed by atoms with E-state index in [4.69, 9.17) is 4.74 Å². The van der Waals surface area contributed by atoms with Crippen LogP contribution in [0.3, 0.4) is 0 Å². The van der Waals surface area contributed by atoms with Gasteiger partial charge >= 0.3 is 0 Å². The minimum absolute atomic E-state index is 0.830. The number of halogens is 1. The zero-order chi connectivity index (χ0) is 11.7. The van der Waals surface area contributed by atoms with Crippen molar-refractivity contribution < 1.29 is 4.74 Å². The largest absolute Gasteiger partial charge is 0.493 e. The van der Waals surface area contributed by atoms with Gasteiger partial charge in [-0.3, -0.25) is 4.68 Å². The number of rotatable bonds is 3. The van der Waals surface area contributed by atoms with Crippen molar-refractivity contribution in [3.05, 3.63) is 45.3 Å². The van der Waals surface area contributed by atoms with E-state index >= 15 is 0 Å². The lowest BCUT2D eigenvalue weighted by Gasteiger charge is -2.04. The molecule has 1 aliphatic rings. The van der Waals surface area contributed by atoms with E-state index in [1.807, 2.05) is 16.9 Å². The number of benzene rings is 1. The molecule has 0 saturated heterocycles. The van der Waals surface area contributed by atoms with E-state index in [2.05, 4.69) is 45.9 Å². The fraction of sp³-hybridized carbons (Fsp3) is 0.308. The summed E-state index contributed by atoms with van der Waals surface area (Å²) in [5, 5.41) is 4.38. The quantitative estimate of drug-likeness (QED) is 0.804. The van der Waals surface area contributed by atoms with Crippen LogP contribution < -0.4 is 4.74 Å². The van der Waals surface area contributed by atoms with Crippen LogP contribution in [0.2, 0.25) is 0 Å². The first-order valence-electron chi connectivity index (χ1n) is 5.75. The van der Waals surface area contributed by atoms with Crippen LogP contribution in [0.15, 0.2) is 30.5 Å². The molecule has 4 heteroatoms. The Hall–Kier alpha value is -1.04. The molecule has 2 aromatic rings. The Kier molecular flexibility index (Phi) is 3.05. The van der Waals surface area contributed by atoms with Gasteiger partial charge in [0.15, 0.2) is 0 Å². The molecular weight excluding hydrogens is 327 g/mol. The van der Waals surface area contributed by atoms with Gasteiger partial charge < -0.3 is 4.74 Å². The van der Waals surface area contributed by atoms with Gasteiger partial charge in [-0.05, 0) is 52.3 Å². The van der Waals surface area contributed by atoms with Gasteiger partial charge in [-0.25, -0.2) is 0 Å². The number of nitrogens with zero attached hydrogens (tertiary/aromatic N) is 2. The van der Waals surface area contributed by atoms with E-state index in [1.165, 1.54) is 11.1 Å². The van der Waals surface area contributed by atoms with E-state index in [-0.39, 0.29) is 0 Å². The highest BCUT2D eigenvalue weighted by Crippen LogP contribution is 2.26. The zero-order valence-electron chi connectivity index (χ0n) is 9.40. The molecule has 0 aliphatic carbocycles. The third-order valence-corrected chi connectivity index (χ3v) is 3.57. The van der Waals surface area contributed by atoms with Crippen LogP contribution in [0.1, 0.15) is 11.1 Å². The Bertz CT molecular complexity index is 536. The average Bonchev–Trinajstić information content (AvgIpc) is 2.94. The lowest BCUT2D eigenvalue weighted by atomic mass is 10.1. The fourth-order valence-electron chi connectivity index (χ4n) is 2.10. The molecule has 0 spiro atoms. The van der Waals surface area contributed by atoms with E-state index in [0.29, 0.717) is 0 Å². The molecule has 1 aromatic heterocycles. The molecule has 17 heavy (non-hydrogen) atoms. The number of hydrogen-bond acceptors (Lipinski definition) is 2. The zero-order valence-corrected chi connectivity index (χ0v) is 11.6. The second kappa shape index (κ2) is 4.68. The summed E-state index contributed by atoms with van der Waals surface area (Å²) in [7, 11) is 0. The maximum Gasteiger partial charge on any atom is 0.123 e. The molecule has 3 nitrogen and oxygen atoms in total. The number of fused-ring (bicyclic) bond motifs is 1. The van der Waals surface area contributed by atoms with Crippen LogP contribution in [0.4, 0.5) is 0 Å². The highest BCUT2D eigenvalue weighted by atomic mass is 127. The number of aromatic nitrogens is 2. The van der Waals surface area contributed by atoms with Crippen molar-refractivity contribution in [2.75, 3.05) is 6.61 Å². The Morgan fingerprint density at radius 1 is 1.35 bits per heavy atom. The second-order valence-corrected chi connectivity index (χ2v) is 5.30. The number of ether oxygens (including phenoxy) is 1. The first-order valence-corrected chi connectivity index (χ1v) is 6.83. The van der Waals surface area contributed by atoms with Crippen molar-refractivity contribution >= 4 is 22.6 Å². The summed E-state index contributed by atoms with van der Waals surface area (Å²) in [6, 6.07) is 8.52. The highest BCUT2D eigenvalue weighted by molar-refractivity contribution is 14.1. The standard InChI is InChI=1S/C13H13IN2O/c14-13-4-7-16(15-13)6-3-10-1-2-12-11(9-10)5-8-17-12/h1-2,4,7,9H,3,5-6,8H2. The molecule has 0 radical (unpaired) electrons. The molecule has 3 rings (SSSR count). The summed E-state index contributed by atoms with van der Waals surface area (Å²) in [6.07, 6.45) is 4.09. The Morgan fingerprint density at radius 3 is 3.12 bits per heavy atom. The van der Waals surface area contributed by atoms with Crippen molar-refractivity contribution in [1.29, 1.82) is 0 Å². The van der Waals surface area contributed by atoms with Gasteiger partial charge in [-0.2, -0.15) is 5.10 Å². The third-order valence-electron chi connectivity index (χ3n) is 2.99. The van der Waals surface area contributed by atoms with Gasteiger partial charge in [0.25, 0.3) is 0 Å². The maximum atomic E-state index is 5.50. The first kappa shape index (κ1) is 11.1. The summed E-state index contributed by atoms with van der Waals surface area (Å²) in [4.78, 5) is 0. The molecule has 0 saturated carbocycles. The van der Waals surface area contributed by atoms with Crippen LogP contribution in [0.5, 0.6) is 5.75 Å². The van der Waals surface area contributed by atoms with Crippen LogP contribution in [0, 0.1) is 3.70 Å². The van der Waals surface area contributed by atoms with Gasteiger partial charge in [0.2, 0.25) is 0 Å². The van der Waals surface area contributed by atoms with Crippen molar-refractivity contribution in [3.8, 4) is 5.75 Å². The second-order valence-electron chi connectivity index (χ2n) is 4.19. The maximum absolute atomic E-state index is 5.50. The molecule has 2 heterocycles. The number of aryl methyl sites for hydroxylation is 2. The minimum Gasteiger partial charge on any atom is -0.493 e. The number of hydrogen-bond donors (Lipinski definition) is 0. The van der Waals surface area contributed by atoms with Crippen molar-refractivity contribution in [2.24, 2.45) is 0 Å². The molecule has 0 fully saturated rings. The summed E-state index contributed by atoms with van der Waals surface area (Å²) in [6.45, 7) is 1.76. The average molecular weight is 340 g/mol. The van der Waals surface area contributed by atoms with Crippen molar-refractivity contribution in [2.45, 2.75) is 19.4 Å². The highest BCUT2D eigenvalue weighted by Gasteiger charge is 2.11. The van der Waals surface area contributed by atoms with Gasteiger partial charge in [0.1, 0.15) is 9.45 Å². The Balaban J connectivity index is 1.69. The SMILES string of the molecule is Ic1ccn(CCc2ccc3c(c2)CCO3)n1. The van der Waals surface area contributed by atoms with Crippen LogP contribution in [0.25, 0.3) is 0 Å². The molecular formula is C13H13IN2O. The lowest BCUT2D eigenvalue weighted by molar-refractivity contribution is 0.357. The molecule has 0 bridgehead atoms. The predicted octanol–water partition coefficient (Wildman–Crippen LogP) is 2.67. The monoisotopic (exact) mass is 340 g/mol. The third kappa shape index (κ3) is 2.46. The Morgan fingerprint density at radius 2 is 2.29 bits per heavy atom. The molecule has 0 atom stereocenters. The van der Waals surface area contributed by atoms with Gasteiger partial charge in [0, 0.05) is 19.2 Å². The Labute approximate surface area is 114 Å². The van der Waals surface area contributed by atoms with E-state index in [0.717, 1.165) is 35.4 Å². The molecule has 1 aromatic carbocycles. The fourth-order valence-corrected chi connectivity index (χ4v) is 2.54.